The number of unbranched alkanes of at least 4 members (excludes halogenated alkanes) is 5. The van der Waals surface area contributed by atoms with Crippen molar-refractivity contribution in [3.63, 3.8) is 0 Å². The summed E-state index contributed by atoms with van der Waals surface area (Å²) in [5.74, 6) is -0.0320. The molecular weight excluding hydrogens is 274 g/mol. The van der Waals surface area contributed by atoms with Gasteiger partial charge in [0.2, 0.25) is 0 Å². The zero-order valence-corrected chi connectivity index (χ0v) is 15.5. The van der Waals surface area contributed by atoms with E-state index in [4.69, 9.17) is 4.74 Å². The van der Waals surface area contributed by atoms with Crippen molar-refractivity contribution >= 4 is 5.97 Å². The van der Waals surface area contributed by atoms with E-state index in [1.54, 1.807) is 0 Å². The minimum absolute atomic E-state index is 0.0320. The van der Waals surface area contributed by atoms with Gasteiger partial charge in [-0.25, -0.2) is 0 Å². The molecule has 0 aliphatic heterocycles. The first-order valence-electron chi connectivity index (χ1n) is 9.01. The number of carbonyl (C=O) groups is 1. The maximum absolute atomic E-state index is 11.7. The van der Waals surface area contributed by atoms with Crippen LogP contribution in [-0.4, -0.2) is 32.2 Å². The molecule has 0 bridgehead atoms. The van der Waals surface area contributed by atoms with Crippen molar-refractivity contribution in [1.82, 2.24) is 0 Å². The highest BCUT2D eigenvalue weighted by Gasteiger charge is 2.24. The fraction of sp³-hybridized carbons (Fsp3) is 0.842. The zero-order valence-electron chi connectivity index (χ0n) is 15.5. The number of esters is 1. The zero-order chi connectivity index (χ0) is 16.8. The summed E-state index contributed by atoms with van der Waals surface area (Å²) in [6.07, 6.45) is 14.2. The molecule has 3 heteroatoms. The molecule has 0 aromatic rings. The second-order valence-corrected chi connectivity index (χ2v) is 7.04. The van der Waals surface area contributed by atoms with Crippen LogP contribution in [0.5, 0.6) is 0 Å². The molecule has 0 unspecified atom stereocenters. The van der Waals surface area contributed by atoms with E-state index in [-0.39, 0.29) is 11.5 Å². The highest BCUT2D eigenvalue weighted by atomic mass is 16.5. The highest BCUT2D eigenvalue weighted by molar-refractivity contribution is 5.69. The average Bonchev–Trinajstić information content (AvgIpc) is 2.45. The third-order valence-corrected chi connectivity index (χ3v) is 4.50. The van der Waals surface area contributed by atoms with Gasteiger partial charge < -0.3 is 9.64 Å². The number of quaternary nitrogens is 1. The van der Waals surface area contributed by atoms with Crippen molar-refractivity contribution in [3.8, 4) is 0 Å². The molecule has 130 valence electrons. The Kier molecular flexibility index (Phi) is 12.2. The van der Waals surface area contributed by atoms with E-state index in [9.17, 15) is 4.79 Å². The number of carbonyl (C=O) groups excluding carboxylic acids is 1. The third kappa shape index (κ3) is 11.8. The SMILES string of the molecule is CCC=CCCCCCCCC(=O)OCCC(C)(C)[NH+](C)C. The van der Waals surface area contributed by atoms with Gasteiger partial charge in [0.15, 0.2) is 0 Å². The second-order valence-electron chi connectivity index (χ2n) is 7.04. The fourth-order valence-corrected chi connectivity index (χ4v) is 2.09. The topological polar surface area (TPSA) is 30.7 Å². The van der Waals surface area contributed by atoms with Crippen LogP contribution in [0.1, 0.15) is 78.6 Å². The molecule has 0 heterocycles. The third-order valence-electron chi connectivity index (χ3n) is 4.50. The Hall–Kier alpha value is -0.830. The van der Waals surface area contributed by atoms with E-state index < -0.39 is 0 Å². The van der Waals surface area contributed by atoms with Crippen LogP contribution < -0.4 is 4.90 Å². The van der Waals surface area contributed by atoms with E-state index in [1.807, 2.05) is 0 Å². The van der Waals surface area contributed by atoms with Crippen molar-refractivity contribution < 1.29 is 14.4 Å². The van der Waals surface area contributed by atoms with Crippen LogP contribution in [-0.2, 0) is 9.53 Å². The normalized spacial score (nSPS) is 12.3. The van der Waals surface area contributed by atoms with Crippen LogP contribution in [0.2, 0.25) is 0 Å². The molecule has 0 aliphatic rings. The van der Waals surface area contributed by atoms with E-state index in [2.05, 4.69) is 47.0 Å². The van der Waals surface area contributed by atoms with Gasteiger partial charge in [-0.15, -0.1) is 0 Å². The molecule has 0 fully saturated rings. The van der Waals surface area contributed by atoms with Crippen LogP contribution in [0.25, 0.3) is 0 Å². The molecule has 0 atom stereocenters. The molecule has 0 radical (unpaired) electrons. The number of nitrogens with one attached hydrogen (secondary N) is 1. The van der Waals surface area contributed by atoms with E-state index in [1.165, 1.54) is 30.6 Å². The number of hydrogen-bond acceptors (Lipinski definition) is 2. The maximum atomic E-state index is 11.7. The molecule has 0 saturated heterocycles. The molecule has 0 rings (SSSR count). The molecule has 1 N–H and O–H groups in total. The fourth-order valence-electron chi connectivity index (χ4n) is 2.09. The maximum Gasteiger partial charge on any atom is 0.305 e. The van der Waals surface area contributed by atoms with Gasteiger partial charge in [-0.05, 0) is 39.5 Å². The lowest BCUT2D eigenvalue weighted by Gasteiger charge is -2.28. The number of hydrogen-bond donors (Lipinski definition) is 1. The molecule has 0 aromatic heterocycles. The predicted octanol–water partition coefficient (Wildman–Crippen LogP) is 3.54. The molecular formula is C19H38NO2+. The lowest BCUT2D eigenvalue weighted by Crippen LogP contribution is -3.14. The number of rotatable bonds is 13. The molecule has 3 nitrogen and oxygen atoms in total. The summed E-state index contributed by atoms with van der Waals surface area (Å²) >= 11 is 0. The average molecular weight is 313 g/mol. The monoisotopic (exact) mass is 312 g/mol. The van der Waals surface area contributed by atoms with Crippen LogP contribution in [0, 0.1) is 0 Å². The van der Waals surface area contributed by atoms with Crippen molar-refractivity contribution in [3.05, 3.63) is 12.2 Å². The number of allylic oxidation sites excluding steroid dienone is 2. The van der Waals surface area contributed by atoms with Crippen molar-refractivity contribution in [2.45, 2.75) is 84.1 Å². The predicted molar refractivity (Wildman–Crippen MR) is 94.2 cm³/mol. The van der Waals surface area contributed by atoms with Gasteiger partial charge in [-0.2, -0.15) is 0 Å². The Morgan fingerprint density at radius 3 is 2.32 bits per heavy atom. The lowest BCUT2D eigenvalue weighted by atomic mass is 10.0. The van der Waals surface area contributed by atoms with Gasteiger partial charge in [0.1, 0.15) is 0 Å². The minimum Gasteiger partial charge on any atom is -0.465 e. The summed E-state index contributed by atoms with van der Waals surface area (Å²) in [5.41, 5.74) is 0.159. The Morgan fingerprint density at radius 2 is 1.68 bits per heavy atom. The molecule has 0 saturated carbocycles. The largest absolute Gasteiger partial charge is 0.465 e. The van der Waals surface area contributed by atoms with E-state index >= 15 is 0 Å². The molecule has 0 spiro atoms. The summed E-state index contributed by atoms with van der Waals surface area (Å²) in [7, 11) is 4.28. The van der Waals surface area contributed by atoms with Gasteiger partial charge in [0, 0.05) is 12.8 Å². The van der Waals surface area contributed by atoms with Gasteiger partial charge in [-0.1, -0.05) is 38.3 Å². The van der Waals surface area contributed by atoms with Crippen LogP contribution in [0.4, 0.5) is 0 Å². The second kappa shape index (κ2) is 12.7. The Balaban J connectivity index is 3.45. The standard InChI is InChI=1S/C19H37NO2/c1-6-7-8-9-10-11-12-13-14-15-18(21)22-17-16-19(2,3)20(4)5/h7-8H,6,9-17H2,1-5H3/p+1. The van der Waals surface area contributed by atoms with Gasteiger partial charge >= 0.3 is 5.97 Å². The summed E-state index contributed by atoms with van der Waals surface area (Å²) in [6, 6.07) is 0. The summed E-state index contributed by atoms with van der Waals surface area (Å²) in [4.78, 5) is 13.1. The van der Waals surface area contributed by atoms with Gasteiger partial charge in [0.05, 0.1) is 26.2 Å². The Labute approximate surface area is 138 Å². The first-order valence-corrected chi connectivity index (χ1v) is 9.01. The minimum atomic E-state index is -0.0320. The van der Waals surface area contributed by atoms with E-state index in [0.29, 0.717) is 13.0 Å². The highest BCUT2D eigenvalue weighted by Crippen LogP contribution is 2.09. The Morgan fingerprint density at radius 1 is 1.05 bits per heavy atom. The van der Waals surface area contributed by atoms with Crippen LogP contribution >= 0.6 is 0 Å². The summed E-state index contributed by atoms with van der Waals surface area (Å²) < 4.78 is 5.34. The van der Waals surface area contributed by atoms with Crippen molar-refractivity contribution in [2.24, 2.45) is 0 Å². The smallest absolute Gasteiger partial charge is 0.305 e. The molecule has 0 aromatic carbocycles. The first kappa shape index (κ1) is 21.2. The van der Waals surface area contributed by atoms with Crippen molar-refractivity contribution in [1.29, 1.82) is 0 Å². The van der Waals surface area contributed by atoms with Crippen molar-refractivity contribution in [2.75, 3.05) is 20.7 Å². The number of ether oxygens (including phenoxy) is 1. The summed E-state index contributed by atoms with van der Waals surface area (Å²) in [6.45, 7) is 7.11. The first-order chi connectivity index (χ1) is 10.4. The van der Waals surface area contributed by atoms with Gasteiger partial charge in [0.25, 0.3) is 0 Å². The quantitative estimate of drug-likeness (QED) is 0.320. The van der Waals surface area contributed by atoms with E-state index in [0.717, 1.165) is 25.7 Å². The molecule has 22 heavy (non-hydrogen) atoms. The molecule has 0 amide bonds. The van der Waals surface area contributed by atoms with Crippen LogP contribution in [0.3, 0.4) is 0 Å². The van der Waals surface area contributed by atoms with Gasteiger partial charge in [-0.3, -0.25) is 4.79 Å². The van der Waals surface area contributed by atoms with Crippen LogP contribution in [0.15, 0.2) is 12.2 Å². The lowest BCUT2D eigenvalue weighted by molar-refractivity contribution is -0.911. The summed E-state index contributed by atoms with van der Waals surface area (Å²) in [5, 5.41) is 0. The molecule has 0 aliphatic carbocycles. The Bertz CT molecular complexity index is 309.